The van der Waals surface area contributed by atoms with Crippen molar-refractivity contribution in [3.63, 3.8) is 0 Å². The van der Waals surface area contributed by atoms with Gasteiger partial charge in [0.15, 0.2) is 0 Å². The van der Waals surface area contributed by atoms with Crippen molar-refractivity contribution in [2.45, 2.75) is 25.7 Å². The molecular weight excluding hydrogens is 204 g/mol. The number of ether oxygens (including phenoxy) is 1. The molecule has 1 saturated carbocycles. The Morgan fingerprint density at radius 3 is 2.50 bits per heavy atom. The zero-order valence-corrected chi connectivity index (χ0v) is 9.18. The number of hydrogen-bond donors (Lipinski definition) is 0. The van der Waals surface area contributed by atoms with E-state index in [0.717, 1.165) is 19.3 Å². The lowest BCUT2D eigenvalue weighted by Crippen LogP contribution is -2.24. The molecule has 0 unspecified atom stereocenters. The van der Waals surface area contributed by atoms with Crippen molar-refractivity contribution >= 4 is 15.8 Å². The summed E-state index contributed by atoms with van der Waals surface area (Å²) in [5.74, 6) is 0.00304. The van der Waals surface area contributed by atoms with Crippen LogP contribution in [0.5, 0.6) is 0 Å². The molecule has 4 nitrogen and oxygen atoms in total. The number of esters is 1. The van der Waals surface area contributed by atoms with Crippen molar-refractivity contribution in [3.8, 4) is 0 Å². The van der Waals surface area contributed by atoms with Crippen LogP contribution in [0, 0.1) is 5.92 Å². The van der Waals surface area contributed by atoms with E-state index in [9.17, 15) is 13.2 Å². The van der Waals surface area contributed by atoms with E-state index >= 15 is 0 Å². The van der Waals surface area contributed by atoms with Crippen LogP contribution in [-0.4, -0.2) is 33.0 Å². The first-order chi connectivity index (χ1) is 6.49. The first-order valence-corrected chi connectivity index (χ1v) is 6.89. The summed E-state index contributed by atoms with van der Waals surface area (Å²) in [6.07, 6.45) is 4.52. The van der Waals surface area contributed by atoms with Gasteiger partial charge in [-0.25, -0.2) is 8.42 Å². The van der Waals surface area contributed by atoms with E-state index in [1.807, 2.05) is 0 Å². The molecule has 1 fully saturated rings. The summed E-state index contributed by atoms with van der Waals surface area (Å²) in [5.41, 5.74) is 0. The van der Waals surface area contributed by atoms with Gasteiger partial charge in [-0.15, -0.1) is 0 Å². The Morgan fingerprint density at radius 2 is 2.07 bits per heavy atom. The standard InChI is InChI=1S/C9H16O4S/c1-14(11,12)7-3-6-13-9(10)8-4-2-5-8/h8H,2-7H2,1H3. The topological polar surface area (TPSA) is 60.4 Å². The van der Waals surface area contributed by atoms with Gasteiger partial charge in [0.1, 0.15) is 9.84 Å². The third-order valence-electron chi connectivity index (χ3n) is 2.34. The van der Waals surface area contributed by atoms with E-state index in [1.54, 1.807) is 0 Å². The van der Waals surface area contributed by atoms with E-state index < -0.39 is 9.84 Å². The van der Waals surface area contributed by atoms with Gasteiger partial charge in [0.2, 0.25) is 0 Å². The Labute approximate surface area is 84.6 Å². The minimum Gasteiger partial charge on any atom is -0.465 e. The molecule has 0 atom stereocenters. The lowest BCUT2D eigenvalue weighted by atomic mass is 9.86. The number of sulfone groups is 1. The van der Waals surface area contributed by atoms with Gasteiger partial charge in [-0.2, -0.15) is 0 Å². The van der Waals surface area contributed by atoms with Crippen LogP contribution in [0.15, 0.2) is 0 Å². The smallest absolute Gasteiger partial charge is 0.308 e. The van der Waals surface area contributed by atoms with Crippen molar-refractivity contribution in [1.82, 2.24) is 0 Å². The van der Waals surface area contributed by atoms with Crippen LogP contribution in [0.3, 0.4) is 0 Å². The minimum atomic E-state index is -2.93. The lowest BCUT2D eigenvalue weighted by Gasteiger charge is -2.22. The van der Waals surface area contributed by atoms with Crippen LogP contribution >= 0.6 is 0 Å². The third kappa shape index (κ3) is 4.09. The van der Waals surface area contributed by atoms with Crippen LogP contribution < -0.4 is 0 Å². The van der Waals surface area contributed by atoms with Gasteiger partial charge >= 0.3 is 5.97 Å². The molecule has 1 aliphatic carbocycles. The fraction of sp³-hybridized carbons (Fsp3) is 0.889. The highest BCUT2D eigenvalue weighted by Crippen LogP contribution is 2.27. The summed E-state index contributed by atoms with van der Waals surface area (Å²) >= 11 is 0. The van der Waals surface area contributed by atoms with Crippen molar-refractivity contribution in [2.24, 2.45) is 5.92 Å². The predicted molar refractivity (Wildman–Crippen MR) is 52.6 cm³/mol. The Bertz CT molecular complexity index is 290. The fourth-order valence-corrected chi connectivity index (χ4v) is 1.90. The Kier molecular flexibility index (Phi) is 3.92. The van der Waals surface area contributed by atoms with Gasteiger partial charge in [0.05, 0.1) is 18.3 Å². The number of carbonyl (C=O) groups is 1. The number of carbonyl (C=O) groups excluding carboxylic acids is 1. The Balaban J connectivity index is 2.06. The summed E-state index contributed by atoms with van der Waals surface area (Å²) in [6.45, 7) is 0.225. The molecule has 1 aliphatic rings. The quantitative estimate of drug-likeness (QED) is 0.507. The molecule has 0 radical (unpaired) electrons. The summed E-state index contributed by atoms with van der Waals surface area (Å²) in [4.78, 5) is 11.2. The van der Waals surface area contributed by atoms with E-state index in [4.69, 9.17) is 4.74 Å². The van der Waals surface area contributed by atoms with Crippen molar-refractivity contribution in [3.05, 3.63) is 0 Å². The first-order valence-electron chi connectivity index (χ1n) is 4.83. The predicted octanol–water partition coefficient (Wildman–Crippen LogP) is 0.764. The third-order valence-corrected chi connectivity index (χ3v) is 3.37. The molecule has 0 bridgehead atoms. The second kappa shape index (κ2) is 4.77. The molecule has 0 aromatic rings. The summed E-state index contributed by atoms with van der Waals surface area (Å²) in [6, 6.07) is 0. The van der Waals surface area contributed by atoms with Crippen LogP contribution in [0.1, 0.15) is 25.7 Å². The molecular formula is C9H16O4S. The van der Waals surface area contributed by atoms with Crippen molar-refractivity contribution in [1.29, 1.82) is 0 Å². The van der Waals surface area contributed by atoms with Crippen molar-refractivity contribution in [2.75, 3.05) is 18.6 Å². The molecule has 1 rings (SSSR count). The molecule has 0 aromatic heterocycles. The van der Waals surface area contributed by atoms with Gasteiger partial charge in [-0.05, 0) is 19.3 Å². The van der Waals surface area contributed by atoms with Gasteiger partial charge in [-0.3, -0.25) is 4.79 Å². The zero-order valence-electron chi connectivity index (χ0n) is 8.36. The minimum absolute atomic E-state index is 0.0771. The molecule has 0 heterocycles. The average molecular weight is 220 g/mol. The SMILES string of the molecule is CS(=O)(=O)CCCOC(=O)C1CCC1. The van der Waals surface area contributed by atoms with Gasteiger partial charge in [0, 0.05) is 6.26 Å². The normalized spacial score (nSPS) is 17.5. The Morgan fingerprint density at radius 1 is 1.43 bits per heavy atom. The molecule has 0 aliphatic heterocycles. The maximum absolute atomic E-state index is 11.2. The average Bonchev–Trinajstić information content (AvgIpc) is 1.92. The molecule has 0 N–H and O–H groups in total. The van der Waals surface area contributed by atoms with Gasteiger partial charge in [-0.1, -0.05) is 6.42 Å². The van der Waals surface area contributed by atoms with Crippen LogP contribution in [-0.2, 0) is 19.4 Å². The summed E-state index contributed by atoms with van der Waals surface area (Å²) in [7, 11) is -2.93. The van der Waals surface area contributed by atoms with E-state index in [2.05, 4.69) is 0 Å². The summed E-state index contributed by atoms with van der Waals surface area (Å²) in [5, 5.41) is 0. The van der Waals surface area contributed by atoms with Gasteiger partial charge in [0.25, 0.3) is 0 Å². The lowest BCUT2D eigenvalue weighted by molar-refractivity contribution is -0.151. The molecule has 5 heteroatoms. The van der Waals surface area contributed by atoms with E-state index in [1.165, 1.54) is 6.26 Å². The molecule has 0 spiro atoms. The van der Waals surface area contributed by atoms with Crippen LogP contribution in [0.4, 0.5) is 0 Å². The number of hydrogen-bond acceptors (Lipinski definition) is 4. The molecule has 14 heavy (non-hydrogen) atoms. The van der Waals surface area contributed by atoms with Gasteiger partial charge < -0.3 is 4.74 Å². The highest BCUT2D eigenvalue weighted by Gasteiger charge is 2.26. The van der Waals surface area contributed by atoms with Crippen molar-refractivity contribution < 1.29 is 17.9 Å². The molecule has 0 amide bonds. The van der Waals surface area contributed by atoms with Crippen LogP contribution in [0.2, 0.25) is 0 Å². The highest BCUT2D eigenvalue weighted by molar-refractivity contribution is 7.90. The van der Waals surface area contributed by atoms with E-state index in [0.29, 0.717) is 6.42 Å². The van der Waals surface area contributed by atoms with E-state index in [-0.39, 0.29) is 24.2 Å². The monoisotopic (exact) mass is 220 g/mol. The van der Waals surface area contributed by atoms with Crippen LogP contribution in [0.25, 0.3) is 0 Å². The maximum Gasteiger partial charge on any atom is 0.308 e. The number of rotatable bonds is 5. The molecule has 0 aromatic carbocycles. The highest BCUT2D eigenvalue weighted by atomic mass is 32.2. The maximum atomic E-state index is 11.2. The second-order valence-electron chi connectivity index (χ2n) is 3.78. The largest absolute Gasteiger partial charge is 0.465 e. The first kappa shape index (κ1) is 11.5. The molecule has 0 saturated heterocycles. The molecule has 82 valence electrons. The summed E-state index contributed by atoms with van der Waals surface area (Å²) < 4.78 is 26.4. The fourth-order valence-electron chi connectivity index (χ4n) is 1.26. The second-order valence-corrected chi connectivity index (χ2v) is 6.04. The Hall–Kier alpha value is -0.580. The zero-order chi connectivity index (χ0) is 10.6.